The predicted molar refractivity (Wildman–Crippen MR) is 120 cm³/mol. The Morgan fingerprint density at radius 1 is 1.06 bits per heavy atom. The molecule has 1 atom stereocenters. The first-order valence-corrected chi connectivity index (χ1v) is 10.5. The summed E-state index contributed by atoms with van der Waals surface area (Å²) in [6.07, 6.45) is -7.20. The topological polar surface area (TPSA) is 58.2 Å². The molecule has 2 rings (SSSR count). The van der Waals surface area contributed by atoms with Gasteiger partial charge in [-0.1, -0.05) is 54.2 Å². The predicted octanol–water partition coefficient (Wildman–Crippen LogP) is 4.36. The van der Waals surface area contributed by atoms with Crippen LogP contribution in [0.25, 0.3) is 6.08 Å². The Kier molecular flexibility index (Phi) is 9.36. The van der Waals surface area contributed by atoms with Crippen LogP contribution in [0, 0.1) is 5.82 Å². The summed E-state index contributed by atoms with van der Waals surface area (Å²) in [5.41, 5.74) is 0.638. The van der Waals surface area contributed by atoms with Crippen molar-refractivity contribution in [2.24, 2.45) is 0 Å². The van der Waals surface area contributed by atoms with Gasteiger partial charge in [-0.3, -0.25) is 9.59 Å². The number of amides is 2. The second kappa shape index (κ2) is 11.6. The Labute approximate surface area is 201 Å². The van der Waals surface area contributed by atoms with E-state index in [0.717, 1.165) is 24.3 Å². The van der Waals surface area contributed by atoms with Gasteiger partial charge in [0.25, 0.3) is 5.91 Å². The number of hydrogen-bond donors (Lipinski definition) is 2. The maximum Gasteiger partial charge on any atom is 0.405 e. The Balaban J connectivity index is 2.17. The maximum absolute atomic E-state index is 13.6. The monoisotopic (exact) mass is 522 g/mol. The van der Waals surface area contributed by atoms with Crippen molar-refractivity contribution in [3.63, 3.8) is 0 Å². The van der Waals surface area contributed by atoms with Crippen LogP contribution in [0.2, 0.25) is 11.8 Å². The van der Waals surface area contributed by atoms with Gasteiger partial charge in [-0.25, -0.2) is 4.39 Å². The number of nitrogens with one attached hydrogen (secondary N) is 2. The van der Waals surface area contributed by atoms with Crippen LogP contribution in [0.3, 0.4) is 0 Å². The molecule has 0 aliphatic heterocycles. The molecule has 0 aliphatic carbocycles. The number of rotatable bonds is 8. The molecule has 0 heterocycles. The summed E-state index contributed by atoms with van der Waals surface area (Å²) in [6.45, 7) is -0.534. The molecule has 0 saturated heterocycles. The first kappa shape index (κ1) is 28.2. The quantitative estimate of drug-likeness (QED) is 0.400. The fourth-order valence-corrected chi connectivity index (χ4v) is 3.26. The van der Waals surface area contributed by atoms with E-state index in [1.165, 1.54) is 24.3 Å². The zero-order valence-electron chi connectivity index (χ0n) is 18.2. The molecule has 0 radical (unpaired) electrons. The molecule has 35 heavy (non-hydrogen) atoms. The lowest BCUT2D eigenvalue weighted by molar-refractivity contribution is -0.139. The highest BCUT2D eigenvalue weighted by atomic mass is 35.5. The first-order valence-electron chi connectivity index (χ1n) is 10.2. The van der Waals surface area contributed by atoms with Gasteiger partial charge in [0.2, 0.25) is 5.91 Å². The summed E-state index contributed by atoms with van der Waals surface area (Å²) in [6, 6.07) is 6.91. The van der Waals surface area contributed by atoms with E-state index in [4.69, 9.17) is 11.6 Å². The molecule has 188 valence electrons. The van der Waals surface area contributed by atoms with Gasteiger partial charge in [0.1, 0.15) is 12.4 Å². The molecule has 1 unspecified atom stereocenters. The zero-order chi connectivity index (χ0) is 26.4. The van der Waals surface area contributed by atoms with Crippen LogP contribution in [0.1, 0.15) is 27.4 Å². The third-order valence-electron chi connectivity index (χ3n) is 4.79. The average Bonchev–Trinajstić information content (AvgIpc) is 2.77. The van der Waals surface area contributed by atoms with E-state index >= 15 is 0 Å². The van der Waals surface area contributed by atoms with Crippen LogP contribution in [0.4, 0.5) is 30.7 Å². The highest BCUT2D eigenvalue weighted by Gasteiger charge is 2.39. The van der Waals surface area contributed by atoms with Crippen molar-refractivity contribution >= 4 is 42.2 Å². The minimum Gasteiger partial charge on any atom is -0.345 e. The van der Waals surface area contributed by atoms with E-state index in [1.807, 2.05) is 0 Å². The highest BCUT2D eigenvalue weighted by molar-refractivity contribution is 6.54. The van der Waals surface area contributed by atoms with Crippen LogP contribution in [-0.2, 0) is 4.79 Å². The van der Waals surface area contributed by atoms with Crippen molar-refractivity contribution in [1.82, 2.24) is 10.6 Å². The van der Waals surface area contributed by atoms with Gasteiger partial charge in [0.05, 0.1) is 17.5 Å². The molecule has 0 spiro atoms. The number of carbonyl (C=O) groups excluding carboxylic acids is 2. The molecule has 2 aromatic carbocycles. The van der Waals surface area contributed by atoms with Crippen molar-refractivity contribution in [3.05, 3.63) is 70.0 Å². The average molecular weight is 523 g/mol. The Bertz CT molecular complexity index is 1100. The van der Waals surface area contributed by atoms with Crippen molar-refractivity contribution in [1.29, 1.82) is 0 Å². The van der Waals surface area contributed by atoms with Gasteiger partial charge in [-0.05, 0) is 29.3 Å². The van der Waals surface area contributed by atoms with Crippen LogP contribution < -0.4 is 16.1 Å². The molecule has 2 amide bonds. The van der Waals surface area contributed by atoms with Crippen LogP contribution in [0.15, 0.2) is 42.5 Å². The molecule has 0 aromatic heterocycles. The molecular weight excluding hydrogens is 504 g/mol. The lowest BCUT2D eigenvalue weighted by Gasteiger charge is -2.18. The zero-order valence-corrected chi connectivity index (χ0v) is 18.9. The number of benzene rings is 2. The van der Waals surface area contributed by atoms with Crippen LogP contribution >= 0.6 is 11.6 Å². The molecule has 2 N–H and O–H groups in total. The fourth-order valence-electron chi connectivity index (χ4n) is 3.07. The second-order valence-corrected chi connectivity index (χ2v) is 7.80. The molecule has 13 heteroatoms. The van der Waals surface area contributed by atoms with E-state index < -0.39 is 54.0 Å². The summed E-state index contributed by atoms with van der Waals surface area (Å²) >= 11 is 5.62. The summed E-state index contributed by atoms with van der Waals surface area (Å²) in [5.74, 6) is -4.68. The lowest BCUT2D eigenvalue weighted by atomic mass is 9.70. The minimum atomic E-state index is -4.68. The van der Waals surface area contributed by atoms with E-state index in [1.54, 1.807) is 12.1 Å². The third-order valence-corrected chi connectivity index (χ3v) is 5.08. The number of carbonyl (C=O) groups is 2. The van der Waals surface area contributed by atoms with Crippen molar-refractivity contribution in [3.8, 4) is 0 Å². The van der Waals surface area contributed by atoms with E-state index in [0.29, 0.717) is 18.3 Å². The van der Waals surface area contributed by atoms with Crippen molar-refractivity contribution in [2.45, 2.75) is 25.1 Å². The fraction of sp³-hybridized carbons (Fsp3) is 0.273. The molecule has 0 aliphatic rings. The summed E-state index contributed by atoms with van der Waals surface area (Å²) in [5, 5.41) is 3.38. The van der Waals surface area contributed by atoms with E-state index in [9.17, 15) is 40.3 Å². The number of alkyl halides is 6. The molecule has 4 nitrogen and oxygen atoms in total. The van der Waals surface area contributed by atoms with Gasteiger partial charge >= 0.3 is 12.4 Å². The van der Waals surface area contributed by atoms with Gasteiger partial charge in [-0.15, -0.1) is 0 Å². The van der Waals surface area contributed by atoms with Gasteiger partial charge in [-0.2, -0.15) is 26.3 Å². The van der Waals surface area contributed by atoms with Gasteiger partial charge < -0.3 is 10.6 Å². The van der Waals surface area contributed by atoms with Crippen molar-refractivity contribution < 1.29 is 40.3 Å². The molecule has 2 aromatic rings. The number of allylic oxidation sites excluding steroid dienone is 1. The number of hydrogen-bond acceptors (Lipinski definition) is 2. The first-order chi connectivity index (χ1) is 16.2. The summed E-state index contributed by atoms with van der Waals surface area (Å²) in [4.78, 5) is 23.8. The molecule has 0 saturated carbocycles. The third kappa shape index (κ3) is 8.61. The van der Waals surface area contributed by atoms with Gasteiger partial charge in [0, 0.05) is 5.56 Å². The Morgan fingerprint density at radius 3 is 2.31 bits per heavy atom. The molecular formula is C22H19BClF7N2O2. The van der Waals surface area contributed by atoms with Crippen molar-refractivity contribution in [2.75, 3.05) is 13.1 Å². The highest BCUT2D eigenvalue weighted by Crippen LogP contribution is 2.37. The Morgan fingerprint density at radius 2 is 1.74 bits per heavy atom. The largest absolute Gasteiger partial charge is 0.405 e. The maximum atomic E-state index is 13.6. The second-order valence-electron chi connectivity index (χ2n) is 7.40. The molecule has 0 fully saturated rings. The van der Waals surface area contributed by atoms with Crippen LogP contribution in [0.5, 0.6) is 0 Å². The smallest absolute Gasteiger partial charge is 0.345 e. The normalized spacial score (nSPS) is 12.9. The van der Waals surface area contributed by atoms with Gasteiger partial charge in [0.15, 0.2) is 7.28 Å². The minimum absolute atomic E-state index is 0.117. The summed E-state index contributed by atoms with van der Waals surface area (Å²) < 4.78 is 90.5. The van der Waals surface area contributed by atoms with Crippen LogP contribution in [-0.4, -0.2) is 44.5 Å². The number of halogens is 8. The molecule has 0 bridgehead atoms. The summed E-state index contributed by atoms with van der Waals surface area (Å²) in [7, 11) is 0.307. The SMILES string of the molecule is CBc1cc(/C=C/C(c2ccc(F)c(Cl)c2)C(F)(F)F)ccc1C(=O)NCC(=O)NCC(F)(F)F. The standard InChI is InChI=1S/C22H19BClF7N2O2/c1-23-16-8-12(2-5-14(16)20(35)32-10-19(34)33-11-21(26,27)28)3-6-15(22(29,30)31)13-4-7-18(25)17(24)9-13/h2-9,15,23H,10-11H2,1H3,(H,32,35)(H,33,34)/b6-3+. The van der Waals surface area contributed by atoms with E-state index in [-0.39, 0.29) is 11.1 Å². The Hall–Kier alpha value is -3.02. The van der Waals surface area contributed by atoms with E-state index in [2.05, 4.69) is 5.32 Å². The lowest BCUT2D eigenvalue weighted by Crippen LogP contribution is -2.41.